The summed E-state index contributed by atoms with van der Waals surface area (Å²) in [6.07, 6.45) is 0.962. The Labute approximate surface area is 191 Å². The average Bonchev–Trinajstić information content (AvgIpc) is 3.08. The monoisotopic (exact) mass is 456 g/mol. The zero-order valence-corrected chi connectivity index (χ0v) is 19.2. The Hall–Kier alpha value is -3.39. The number of amides is 1. The van der Waals surface area contributed by atoms with Crippen molar-refractivity contribution in [3.05, 3.63) is 81.5 Å². The Bertz CT molecular complexity index is 1160. The molecule has 0 radical (unpaired) electrons. The van der Waals surface area contributed by atoms with Crippen LogP contribution in [-0.2, 0) is 17.8 Å². The highest BCUT2D eigenvalue weighted by Crippen LogP contribution is 2.14. The molecule has 0 unspecified atom stereocenters. The van der Waals surface area contributed by atoms with E-state index in [0.717, 1.165) is 10.2 Å². The van der Waals surface area contributed by atoms with E-state index in [9.17, 15) is 14.4 Å². The summed E-state index contributed by atoms with van der Waals surface area (Å²) in [5.41, 5.74) is 0.940. The zero-order valence-electron chi connectivity index (χ0n) is 18.4. The molecule has 168 valence electrons. The van der Waals surface area contributed by atoms with Crippen LogP contribution in [0.1, 0.15) is 36.7 Å². The van der Waals surface area contributed by atoms with Gasteiger partial charge in [0.15, 0.2) is 5.78 Å². The number of ketones is 1. The topological polar surface area (TPSA) is 86.4 Å². The Kier molecular flexibility index (Phi) is 6.84. The van der Waals surface area contributed by atoms with Crippen LogP contribution in [0.2, 0.25) is 5.02 Å². The fraction of sp³-hybridized carbons (Fsp3) is 0.304. The van der Waals surface area contributed by atoms with Crippen molar-refractivity contribution < 1.29 is 14.3 Å². The molecule has 0 saturated carbocycles. The van der Waals surface area contributed by atoms with Gasteiger partial charge in [-0.2, -0.15) is 5.10 Å². The van der Waals surface area contributed by atoms with E-state index in [1.165, 1.54) is 15.8 Å². The summed E-state index contributed by atoms with van der Waals surface area (Å²) in [7, 11) is 1.66. The zero-order chi connectivity index (χ0) is 23.5. The smallest absolute Gasteiger partial charge is 0.410 e. The lowest BCUT2D eigenvalue weighted by atomic mass is 10.1. The molecule has 0 saturated heterocycles. The number of benzene rings is 2. The summed E-state index contributed by atoms with van der Waals surface area (Å²) in [5.74, 6) is -0.241. The third kappa shape index (κ3) is 5.85. The van der Waals surface area contributed by atoms with Gasteiger partial charge in [-0.1, -0.05) is 23.7 Å². The molecule has 0 spiro atoms. The lowest BCUT2D eigenvalue weighted by Gasteiger charge is -2.24. The molecule has 0 fully saturated rings. The standard InChI is InChI=1S/C23H25ClN4O4/c1-23(2,3)32-22(31)26(4)13-16-5-11-19(12-6-16)27-15-25-28(21(27)30)14-20(29)17-7-9-18(24)10-8-17/h5-12,15H,13-14H2,1-4H3. The molecule has 0 aliphatic carbocycles. The quantitative estimate of drug-likeness (QED) is 0.524. The summed E-state index contributed by atoms with van der Waals surface area (Å²) in [6.45, 7) is 5.63. The summed E-state index contributed by atoms with van der Waals surface area (Å²) < 4.78 is 7.82. The number of aromatic nitrogens is 3. The predicted molar refractivity (Wildman–Crippen MR) is 121 cm³/mol. The van der Waals surface area contributed by atoms with Gasteiger partial charge >= 0.3 is 11.8 Å². The van der Waals surface area contributed by atoms with Crippen molar-refractivity contribution in [3.8, 4) is 5.69 Å². The molecule has 0 aliphatic rings. The lowest BCUT2D eigenvalue weighted by Crippen LogP contribution is -2.33. The van der Waals surface area contributed by atoms with Gasteiger partial charge in [0.25, 0.3) is 0 Å². The van der Waals surface area contributed by atoms with Crippen molar-refractivity contribution >= 4 is 23.5 Å². The fourth-order valence-corrected chi connectivity index (χ4v) is 3.05. The van der Waals surface area contributed by atoms with Gasteiger partial charge in [-0.05, 0) is 62.7 Å². The Morgan fingerprint density at radius 1 is 1.06 bits per heavy atom. The summed E-state index contributed by atoms with van der Waals surface area (Å²) in [6, 6.07) is 13.6. The summed E-state index contributed by atoms with van der Waals surface area (Å²) in [4.78, 5) is 38.7. The molecule has 8 nitrogen and oxygen atoms in total. The third-order valence-corrected chi connectivity index (χ3v) is 4.78. The first-order valence-corrected chi connectivity index (χ1v) is 10.4. The number of ether oxygens (including phenoxy) is 1. The largest absolute Gasteiger partial charge is 0.444 e. The molecule has 0 atom stereocenters. The molecular weight excluding hydrogens is 432 g/mol. The average molecular weight is 457 g/mol. The molecule has 3 rings (SSSR count). The second-order valence-electron chi connectivity index (χ2n) is 8.37. The predicted octanol–water partition coefficient (Wildman–Crippen LogP) is 3.94. The number of rotatable bonds is 6. The number of hydrogen-bond acceptors (Lipinski definition) is 5. The minimum absolute atomic E-state index is 0.174. The van der Waals surface area contributed by atoms with Gasteiger partial charge in [-0.25, -0.2) is 18.8 Å². The molecule has 0 bridgehead atoms. The summed E-state index contributed by atoms with van der Waals surface area (Å²) >= 11 is 5.84. The van der Waals surface area contributed by atoms with E-state index in [0.29, 0.717) is 22.8 Å². The Morgan fingerprint density at radius 2 is 1.69 bits per heavy atom. The van der Waals surface area contributed by atoms with E-state index in [1.54, 1.807) is 43.4 Å². The third-order valence-electron chi connectivity index (χ3n) is 4.53. The van der Waals surface area contributed by atoms with Gasteiger partial charge in [0, 0.05) is 24.2 Å². The fourth-order valence-electron chi connectivity index (χ4n) is 2.93. The molecule has 2 aromatic carbocycles. The summed E-state index contributed by atoms with van der Waals surface area (Å²) in [5, 5.41) is 4.59. The first-order chi connectivity index (χ1) is 15.0. The highest BCUT2D eigenvalue weighted by atomic mass is 35.5. The highest BCUT2D eigenvalue weighted by Gasteiger charge is 2.19. The van der Waals surface area contributed by atoms with Crippen LogP contribution < -0.4 is 5.69 Å². The molecule has 0 N–H and O–H groups in total. The number of halogens is 1. The molecule has 1 heterocycles. The van der Waals surface area contributed by atoms with Crippen molar-refractivity contribution in [2.75, 3.05) is 7.05 Å². The number of carbonyl (C=O) groups excluding carboxylic acids is 2. The van der Waals surface area contributed by atoms with E-state index < -0.39 is 17.4 Å². The van der Waals surface area contributed by atoms with Crippen LogP contribution in [0.25, 0.3) is 5.69 Å². The van der Waals surface area contributed by atoms with Crippen molar-refractivity contribution in [1.82, 2.24) is 19.2 Å². The van der Waals surface area contributed by atoms with Crippen molar-refractivity contribution in [2.45, 2.75) is 39.5 Å². The van der Waals surface area contributed by atoms with Crippen LogP contribution >= 0.6 is 11.6 Å². The van der Waals surface area contributed by atoms with E-state index in [4.69, 9.17) is 16.3 Å². The number of Topliss-reactive ketones (excluding diaryl/α,β-unsaturated/α-hetero) is 1. The van der Waals surface area contributed by atoms with Crippen LogP contribution in [-0.4, -0.2) is 43.8 Å². The second-order valence-corrected chi connectivity index (χ2v) is 8.81. The minimum Gasteiger partial charge on any atom is -0.444 e. The van der Waals surface area contributed by atoms with Gasteiger partial charge in [0.1, 0.15) is 18.5 Å². The number of carbonyl (C=O) groups is 2. The molecule has 1 aromatic heterocycles. The van der Waals surface area contributed by atoms with Crippen LogP contribution in [0.3, 0.4) is 0 Å². The lowest BCUT2D eigenvalue weighted by molar-refractivity contribution is 0.0285. The van der Waals surface area contributed by atoms with Crippen molar-refractivity contribution in [1.29, 1.82) is 0 Å². The number of nitrogens with zero attached hydrogens (tertiary/aromatic N) is 4. The Morgan fingerprint density at radius 3 is 2.28 bits per heavy atom. The van der Waals surface area contributed by atoms with E-state index in [2.05, 4.69) is 5.10 Å². The van der Waals surface area contributed by atoms with Gasteiger partial charge < -0.3 is 9.64 Å². The minimum atomic E-state index is -0.564. The second kappa shape index (κ2) is 9.40. The number of hydrogen-bond donors (Lipinski definition) is 0. The highest BCUT2D eigenvalue weighted by molar-refractivity contribution is 6.30. The Balaban J connectivity index is 1.68. The van der Waals surface area contributed by atoms with Crippen LogP contribution in [0, 0.1) is 0 Å². The van der Waals surface area contributed by atoms with Gasteiger partial charge in [-0.15, -0.1) is 0 Å². The molecular formula is C23H25ClN4O4. The molecule has 1 amide bonds. The van der Waals surface area contributed by atoms with E-state index in [1.807, 2.05) is 32.9 Å². The van der Waals surface area contributed by atoms with Gasteiger partial charge in [0.05, 0.1) is 5.69 Å². The van der Waals surface area contributed by atoms with Crippen LogP contribution in [0.5, 0.6) is 0 Å². The molecule has 0 aliphatic heterocycles. The maximum absolute atomic E-state index is 12.7. The van der Waals surface area contributed by atoms with Crippen molar-refractivity contribution in [3.63, 3.8) is 0 Å². The van der Waals surface area contributed by atoms with Gasteiger partial charge in [0.2, 0.25) is 0 Å². The first-order valence-electron chi connectivity index (χ1n) is 10.00. The van der Waals surface area contributed by atoms with Crippen molar-refractivity contribution in [2.24, 2.45) is 0 Å². The SMILES string of the molecule is CN(Cc1ccc(-n2cnn(CC(=O)c3ccc(Cl)cc3)c2=O)cc1)C(=O)OC(C)(C)C. The molecule has 9 heteroatoms. The molecule has 3 aromatic rings. The van der Waals surface area contributed by atoms with Crippen LogP contribution in [0.4, 0.5) is 4.79 Å². The maximum atomic E-state index is 12.7. The molecule has 32 heavy (non-hydrogen) atoms. The normalized spacial score (nSPS) is 11.3. The first kappa shape index (κ1) is 23.3. The van der Waals surface area contributed by atoms with E-state index >= 15 is 0 Å². The van der Waals surface area contributed by atoms with Gasteiger partial charge in [-0.3, -0.25) is 4.79 Å². The maximum Gasteiger partial charge on any atom is 0.410 e. The van der Waals surface area contributed by atoms with Crippen LogP contribution in [0.15, 0.2) is 59.7 Å². The van der Waals surface area contributed by atoms with E-state index in [-0.39, 0.29) is 12.3 Å².